The van der Waals surface area contributed by atoms with Crippen LogP contribution in [-0.4, -0.2) is 49.4 Å². The van der Waals surface area contributed by atoms with E-state index in [4.69, 9.17) is 4.74 Å². The molecule has 0 aromatic heterocycles. The number of carbonyl (C=O) groups is 3. The molecule has 2 N–H and O–H groups in total. The highest BCUT2D eigenvalue weighted by atomic mass is 16.5. The van der Waals surface area contributed by atoms with Crippen LogP contribution in [-0.2, 0) is 16.0 Å². The number of carbonyl (C=O) groups excluding carboxylic acids is 3. The van der Waals surface area contributed by atoms with Crippen LogP contribution in [0.3, 0.4) is 0 Å². The first-order valence-corrected chi connectivity index (χ1v) is 11.6. The number of anilines is 1. The lowest BCUT2D eigenvalue weighted by Gasteiger charge is -2.22. The Kier molecular flexibility index (Phi) is 8.87. The van der Waals surface area contributed by atoms with Crippen molar-refractivity contribution in [3.05, 3.63) is 59.7 Å². The lowest BCUT2D eigenvalue weighted by molar-refractivity contribution is -0.124. The van der Waals surface area contributed by atoms with Gasteiger partial charge in [-0.25, -0.2) is 0 Å². The molecule has 7 heteroatoms. The molecule has 1 fully saturated rings. The molecule has 0 aliphatic heterocycles. The van der Waals surface area contributed by atoms with Gasteiger partial charge in [-0.2, -0.15) is 0 Å². The number of nitrogens with one attached hydrogen (secondary N) is 2. The molecule has 3 amide bonds. The summed E-state index contributed by atoms with van der Waals surface area (Å²) >= 11 is 0. The summed E-state index contributed by atoms with van der Waals surface area (Å²) in [7, 11) is 1.57. The first-order chi connectivity index (χ1) is 16.0. The highest BCUT2D eigenvalue weighted by molar-refractivity contribution is 5.98. The van der Waals surface area contributed by atoms with Crippen LogP contribution in [0.2, 0.25) is 0 Å². The van der Waals surface area contributed by atoms with Gasteiger partial charge < -0.3 is 20.3 Å². The Morgan fingerprint density at radius 3 is 2.30 bits per heavy atom. The zero-order valence-corrected chi connectivity index (χ0v) is 19.4. The molecule has 1 aliphatic carbocycles. The zero-order chi connectivity index (χ0) is 23.6. The SMILES string of the molecule is CCCCc1ccc(C(=O)N(CC(=O)NCC(=O)Nc2ccc(OC)cc2)CC2CC2)cc1. The Hall–Kier alpha value is -3.35. The number of hydrogen-bond donors (Lipinski definition) is 2. The summed E-state index contributed by atoms with van der Waals surface area (Å²) in [4.78, 5) is 39.3. The van der Waals surface area contributed by atoms with Crippen LogP contribution in [0.5, 0.6) is 5.75 Å². The van der Waals surface area contributed by atoms with Gasteiger partial charge in [-0.05, 0) is 73.6 Å². The number of nitrogens with zero attached hydrogens (tertiary/aromatic N) is 1. The molecule has 2 aromatic carbocycles. The summed E-state index contributed by atoms with van der Waals surface area (Å²) in [6, 6.07) is 14.6. The fourth-order valence-corrected chi connectivity index (χ4v) is 3.50. The van der Waals surface area contributed by atoms with Gasteiger partial charge in [-0.15, -0.1) is 0 Å². The van der Waals surface area contributed by atoms with E-state index in [1.54, 1.807) is 36.3 Å². The fourth-order valence-electron chi connectivity index (χ4n) is 3.50. The van der Waals surface area contributed by atoms with Crippen molar-refractivity contribution in [2.24, 2.45) is 5.92 Å². The molecule has 176 valence electrons. The maximum Gasteiger partial charge on any atom is 0.254 e. The number of benzene rings is 2. The average molecular weight is 452 g/mol. The molecular formula is C26H33N3O4. The van der Waals surface area contributed by atoms with Crippen molar-refractivity contribution in [2.75, 3.05) is 32.1 Å². The van der Waals surface area contributed by atoms with E-state index in [0.29, 0.717) is 29.5 Å². The Labute approximate surface area is 195 Å². The highest BCUT2D eigenvalue weighted by Gasteiger charge is 2.28. The van der Waals surface area contributed by atoms with Crippen LogP contribution in [0.15, 0.2) is 48.5 Å². The third kappa shape index (κ3) is 7.93. The Morgan fingerprint density at radius 2 is 1.70 bits per heavy atom. The molecule has 0 spiro atoms. The van der Waals surface area contributed by atoms with Gasteiger partial charge in [0.1, 0.15) is 5.75 Å². The molecule has 3 rings (SSSR count). The molecule has 0 radical (unpaired) electrons. The predicted molar refractivity (Wildman–Crippen MR) is 128 cm³/mol. The minimum Gasteiger partial charge on any atom is -0.497 e. The molecule has 0 bridgehead atoms. The van der Waals surface area contributed by atoms with Crippen molar-refractivity contribution in [1.29, 1.82) is 0 Å². The lowest BCUT2D eigenvalue weighted by atomic mass is 10.1. The van der Waals surface area contributed by atoms with Crippen molar-refractivity contribution >= 4 is 23.4 Å². The van der Waals surface area contributed by atoms with Crippen molar-refractivity contribution in [3.63, 3.8) is 0 Å². The van der Waals surface area contributed by atoms with Crippen LogP contribution in [0.1, 0.15) is 48.5 Å². The van der Waals surface area contributed by atoms with Crippen LogP contribution in [0.4, 0.5) is 5.69 Å². The third-order valence-electron chi connectivity index (χ3n) is 5.64. The summed E-state index contributed by atoms with van der Waals surface area (Å²) in [5.41, 5.74) is 2.41. The van der Waals surface area contributed by atoms with E-state index < -0.39 is 0 Å². The van der Waals surface area contributed by atoms with Gasteiger partial charge in [0.05, 0.1) is 20.2 Å². The van der Waals surface area contributed by atoms with E-state index in [2.05, 4.69) is 17.6 Å². The van der Waals surface area contributed by atoms with Gasteiger partial charge in [0.2, 0.25) is 11.8 Å². The maximum atomic E-state index is 13.1. The molecule has 0 heterocycles. The number of rotatable bonds is 12. The Morgan fingerprint density at radius 1 is 1.00 bits per heavy atom. The molecule has 1 aliphatic rings. The molecule has 7 nitrogen and oxygen atoms in total. The number of ether oxygens (including phenoxy) is 1. The molecule has 0 unspecified atom stereocenters. The average Bonchev–Trinajstić information content (AvgIpc) is 3.65. The van der Waals surface area contributed by atoms with E-state index in [-0.39, 0.29) is 30.8 Å². The van der Waals surface area contributed by atoms with Crippen LogP contribution >= 0.6 is 0 Å². The summed E-state index contributed by atoms with van der Waals surface area (Å²) in [6.07, 6.45) is 5.39. The summed E-state index contributed by atoms with van der Waals surface area (Å²) in [5.74, 6) is 0.299. The first-order valence-electron chi connectivity index (χ1n) is 11.6. The van der Waals surface area contributed by atoms with Crippen LogP contribution < -0.4 is 15.4 Å². The maximum absolute atomic E-state index is 13.1. The minimum atomic E-state index is -0.353. The van der Waals surface area contributed by atoms with Crippen molar-refractivity contribution < 1.29 is 19.1 Å². The minimum absolute atomic E-state index is 0.0667. The number of aryl methyl sites for hydroxylation is 1. The van der Waals surface area contributed by atoms with E-state index in [1.165, 1.54) is 5.56 Å². The van der Waals surface area contributed by atoms with E-state index in [1.807, 2.05) is 24.3 Å². The van der Waals surface area contributed by atoms with Crippen molar-refractivity contribution in [2.45, 2.75) is 39.0 Å². The lowest BCUT2D eigenvalue weighted by Crippen LogP contribution is -2.43. The van der Waals surface area contributed by atoms with Crippen molar-refractivity contribution in [1.82, 2.24) is 10.2 Å². The van der Waals surface area contributed by atoms with E-state index in [0.717, 1.165) is 32.1 Å². The Bertz CT molecular complexity index is 937. The second-order valence-electron chi connectivity index (χ2n) is 8.48. The summed E-state index contributed by atoms with van der Waals surface area (Å²) < 4.78 is 5.09. The highest BCUT2D eigenvalue weighted by Crippen LogP contribution is 2.30. The normalized spacial score (nSPS) is 12.7. The first kappa shape index (κ1) is 24.3. The van der Waals surface area contributed by atoms with Crippen LogP contribution in [0, 0.1) is 5.92 Å². The van der Waals surface area contributed by atoms with Gasteiger partial charge in [-0.3, -0.25) is 14.4 Å². The smallest absolute Gasteiger partial charge is 0.254 e. The standard InChI is InChI=1S/C26H33N3O4/c1-3-4-5-19-8-10-21(11-9-19)26(32)29(17-20-6-7-20)18-25(31)27-16-24(30)28-22-12-14-23(33-2)15-13-22/h8-15,20H,3-7,16-18H2,1-2H3,(H,27,31)(H,28,30). The topological polar surface area (TPSA) is 87.7 Å². The molecule has 0 atom stereocenters. The summed E-state index contributed by atoms with van der Waals surface area (Å²) in [6.45, 7) is 2.48. The molecule has 1 saturated carbocycles. The second kappa shape index (κ2) is 12.0. The molecule has 0 saturated heterocycles. The number of methoxy groups -OCH3 is 1. The van der Waals surface area contributed by atoms with Crippen molar-refractivity contribution in [3.8, 4) is 5.75 Å². The number of hydrogen-bond acceptors (Lipinski definition) is 4. The van der Waals surface area contributed by atoms with Gasteiger partial charge in [0, 0.05) is 17.8 Å². The van der Waals surface area contributed by atoms with Gasteiger partial charge in [0.15, 0.2) is 0 Å². The third-order valence-corrected chi connectivity index (χ3v) is 5.64. The molecular weight excluding hydrogens is 418 g/mol. The number of amides is 3. The van der Waals surface area contributed by atoms with E-state index >= 15 is 0 Å². The molecule has 33 heavy (non-hydrogen) atoms. The second-order valence-corrected chi connectivity index (χ2v) is 8.48. The van der Waals surface area contributed by atoms with Gasteiger partial charge in [-0.1, -0.05) is 25.5 Å². The quantitative estimate of drug-likeness (QED) is 0.516. The fraction of sp³-hybridized carbons (Fsp3) is 0.423. The zero-order valence-electron chi connectivity index (χ0n) is 19.4. The summed E-state index contributed by atoms with van der Waals surface area (Å²) in [5, 5.41) is 5.34. The van der Waals surface area contributed by atoms with Gasteiger partial charge in [0.25, 0.3) is 5.91 Å². The number of unbranched alkanes of at least 4 members (excludes halogenated alkanes) is 1. The van der Waals surface area contributed by atoms with Crippen LogP contribution in [0.25, 0.3) is 0 Å². The predicted octanol–water partition coefficient (Wildman–Crippen LogP) is 3.64. The monoisotopic (exact) mass is 451 g/mol. The van der Waals surface area contributed by atoms with Gasteiger partial charge >= 0.3 is 0 Å². The van der Waals surface area contributed by atoms with E-state index in [9.17, 15) is 14.4 Å². The molecule has 2 aromatic rings. The Balaban J connectivity index is 1.51. The largest absolute Gasteiger partial charge is 0.497 e.